The van der Waals surface area contributed by atoms with Gasteiger partial charge in [0.1, 0.15) is 0 Å². The SMILES string of the molecule is FC(F)Sc1ccc(CCl)cc1. The number of hydrogen-bond donors (Lipinski definition) is 0. The van der Waals surface area contributed by atoms with Crippen LogP contribution >= 0.6 is 23.4 Å². The summed E-state index contributed by atoms with van der Waals surface area (Å²) in [5.41, 5.74) is 0.940. The third-order valence-corrected chi connectivity index (χ3v) is 2.33. The standard InChI is InChI=1S/C8H7ClF2S/c9-5-6-1-3-7(4-2-6)12-8(10)11/h1-4,8H,5H2. The Kier molecular flexibility index (Phi) is 3.82. The van der Waals surface area contributed by atoms with Gasteiger partial charge in [0.05, 0.1) is 0 Å². The zero-order valence-electron chi connectivity index (χ0n) is 6.14. The third kappa shape index (κ3) is 2.99. The minimum absolute atomic E-state index is 0.416. The van der Waals surface area contributed by atoms with Crippen LogP contribution in [0.2, 0.25) is 0 Å². The van der Waals surface area contributed by atoms with E-state index >= 15 is 0 Å². The first-order valence-corrected chi connectivity index (χ1v) is 4.73. The molecule has 0 atom stereocenters. The molecule has 0 saturated carbocycles. The van der Waals surface area contributed by atoms with Crippen LogP contribution in [0, 0.1) is 0 Å². The first-order valence-electron chi connectivity index (χ1n) is 3.32. The van der Waals surface area contributed by atoms with Gasteiger partial charge >= 0.3 is 0 Å². The summed E-state index contributed by atoms with van der Waals surface area (Å²) in [5.74, 6) is -1.94. The van der Waals surface area contributed by atoms with E-state index < -0.39 is 5.76 Å². The number of thioether (sulfide) groups is 1. The van der Waals surface area contributed by atoms with E-state index in [2.05, 4.69) is 0 Å². The predicted octanol–water partition coefficient (Wildman–Crippen LogP) is 3.74. The molecule has 0 nitrogen and oxygen atoms in total. The van der Waals surface area contributed by atoms with Crippen molar-refractivity contribution in [3.63, 3.8) is 0 Å². The highest BCUT2D eigenvalue weighted by Crippen LogP contribution is 2.25. The zero-order chi connectivity index (χ0) is 8.97. The summed E-state index contributed by atoms with van der Waals surface area (Å²) >= 11 is 6.07. The number of hydrogen-bond acceptors (Lipinski definition) is 1. The molecule has 0 aliphatic rings. The van der Waals surface area contributed by atoms with Gasteiger partial charge in [0, 0.05) is 10.8 Å². The maximum Gasteiger partial charge on any atom is 0.288 e. The van der Waals surface area contributed by atoms with Crippen LogP contribution in [0.4, 0.5) is 8.78 Å². The van der Waals surface area contributed by atoms with E-state index in [1.807, 2.05) is 0 Å². The summed E-state index contributed by atoms with van der Waals surface area (Å²) in [6.45, 7) is 0. The molecule has 0 fully saturated rings. The van der Waals surface area contributed by atoms with Crippen molar-refractivity contribution in [2.45, 2.75) is 16.5 Å². The van der Waals surface area contributed by atoms with Crippen LogP contribution in [0.1, 0.15) is 5.56 Å². The van der Waals surface area contributed by atoms with Crippen LogP contribution in [0.15, 0.2) is 29.2 Å². The van der Waals surface area contributed by atoms with Gasteiger partial charge in [0.2, 0.25) is 0 Å². The first-order chi connectivity index (χ1) is 5.72. The lowest BCUT2D eigenvalue weighted by atomic mass is 10.2. The van der Waals surface area contributed by atoms with Crippen LogP contribution in [0.5, 0.6) is 0 Å². The van der Waals surface area contributed by atoms with Gasteiger partial charge in [-0.2, -0.15) is 8.78 Å². The van der Waals surface area contributed by atoms with Gasteiger partial charge in [0.25, 0.3) is 5.76 Å². The van der Waals surface area contributed by atoms with Crippen molar-refractivity contribution in [3.05, 3.63) is 29.8 Å². The van der Waals surface area contributed by atoms with Crippen molar-refractivity contribution in [2.75, 3.05) is 0 Å². The lowest BCUT2D eigenvalue weighted by Crippen LogP contribution is -1.82. The van der Waals surface area contributed by atoms with E-state index in [0.29, 0.717) is 22.5 Å². The lowest BCUT2D eigenvalue weighted by Gasteiger charge is -2.00. The smallest absolute Gasteiger partial charge is 0.198 e. The predicted molar refractivity (Wildman–Crippen MR) is 47.9 cm³/mol. The molecule has 1 rings (SSSR count). The number of alkyl halides is 3. The van der Waals surface area contributed by atoms with Crippen molar-refractivity contribution in [2.24, 2.45) is 0 Å². The molecular formula is C8H7ClF2S. The minimum atomic E-state index is -2.35. The van der Waals surface area contributed by atoms with Gasteiger partial charge in [-0.05, 0) is 17.7 Å². The molecule has 0 heterocycles. The normalized spacial score (nSPS) is 10.7. The monoisotopic (exact) mass is 208 g/mol. The average Bonchev–Trinajstić information content (AvgIpc) is 2.05. The van der Waals surface area contributed by atoms with Crippen molar-refractivity contribution in [3.8, 4) is 0 Å². The molecule has 4 heteroatoms. The molecular weight excluding hydrogens is 202 g/mol. The Morgan fingerprint density at radius 2 is 1.83 bits per heavy atom. The molecule has 0 saturated heterocycles. The second-order valence-corrected chi connectivity index (χ2v) is 3.49. The molecule has 0 aliphatic carbocycles. The highest BCUT2D eigenvalue weighted by Gasteiger charge is 2.03. The molecule has 66 valence electrons. The number of halogens is 3. The van der Waals surface area contributed by atoms with Gasteiger partial charge in [-0.3, -0.25) is 0 Å². The molecule has 0 radical (unpaired) electrons. The second kappa shape index (κ2) is 4.67. The van der Waals surface area contributed by atoms with Crippen LogP contribution in [0.3, 0.4) is 0 Å². The molecule has 0 unspecified atom stereocenters. The lowest BCUT2D eigenvalue weighted by molar-refractivity contribution is 0.252. The fraction of sp³-hybridized carbons (Fsp3) is 0.250. The summed E-state index contributed by atoms with van der Waals surface area (Å²) in [4.78, 5) is 0.568. The highest BCUT2D eigenvalue weighted by atomic mass is 35.5. The largest absolute Gasteiger partial charge is 0.288 e. The van der Waals surface area contributed by atoms with E-state index in [4.69, 9.17) is 11.6 Å². The zero-order valence-corrected chi connectivity index (χ0v) is 7.71. The summed E-state index contributed by atoms with van der Waals surface area (Å²) < 4.78 is 23.7. The summed E-state index contributed by atoms with van der Waals surface area (Å²) in [7, 11) is 0. The Bertz CT molecular complexity index is 235. The van der Waals surface area contributed by atoms with Crippen LogP contribution < -0.4 is 0 Å². The molecule has 12 heavy (non-hydrogen) atoms. The Hall–Kier alpha value is -0.280. The van der Waals surface area contributed by atoms with Crippen LogP contribution in [0.25, 0.3) is 0 Å². The van der Waals surface area contributed by atoms with E-state index in [1.165, 1.54) is 0 Å². The molecule has 0 amide bonds. The van der Waals surface area contributed by atoms with Gasteiger partial charge in [0.15, 0.2) is 0 Å². The Balaban J connectivity index is 2.65. The topological polar surface area (TPSA) is 0 Å². The van der Waals surface area contributed by atoms with Crippen molar-refractivity contribution in [1.82, 2.24) is 0 Å². The molecule has 0 aromatic heterocycles. The van der Waals surface area contributed by atoms with Gasteiger partial charge in [-0.25, -0.2) is 0 Å². The van der Waals surface area contributed by atoms with Crippen LogP contribution in [-0.2, 0) is 5.88 Å². The Labute approximate surface area is 78.9 Å². The fourth-order valence-electron chi connectivity index (χ4n) is 0.760. The first kappa shape index (κ1) is 9.81. The molecule has 0 bridgehead atoms. The van der Waals surface area contributed by atoms with Crippen molar-refractivity contribution in [1.29, 1.82) is 0 Å². The van der Waals surface area contributed by atoms with Crippen LogP contribution in [-0.4, -0.2) is 5.76 Å². The summed E-state index contributed by atoms with van der Waals surface area (Å²) in [6.07, 6.45) is 0. The number of rotatable bonds is 3. The van der Waals surface area contributed by atoms with Gasteiger partial charge < -0.3 is 0 Å². The average molecular weight is 209 g/mol. The van der Waals surface area contributed by atoms with E-state index in [9.17, 15) is 8.78 Å². The van der Waals surface area contributed by atoms with Crippen molar-refractivity contribution >= 4 is 23.4 Å². The molecule has 0 aliphatic heterocycles. The number of benzene rings is 1. The quantitative estimate of drug-likeness (QED) is 0.539. The molecule has 0 spiro atoms. The van der Waals surface area contributed by atoms with Gasteiger partial charge in [-0.15, -0.1) is 11.6 Å². The summed E-state index contributed by atoms with van der Waals surface area (Å²) in [5, 5.41) is 0. The Morgan fingerprint density at radius 1 is 1.25 bits per heavy atom. The highest BCUT2D eigenvalue weighted by molar-refractivity contribution is 7.99. The third-order valence-electron chi connectivity index (χ3n) is 1.30. The molecule has 1 aromatic rings. The van der Waals surface area contributed by atoms with Gasteiger partial charge in [-0.1, -0.05) is 23.9 Å². The van der Waals surface area contributed by atoms with E-state index in [0.717, 1.165) is 5.56 Å². The van der Waals surface area contributed by atoms with Crippen molar-refractivity contribution < 1.29 is 8.78 Å². The summed E-state index contributed by atoms with van der Waals surface area (Å²) in [6, 6.07) is 6.79. The van der Waals surface area contributed by atoms with E-state index in [-0.39, 0.29) is 0 Å². The Morgan fingerprint density at radius 3 is 2.25 bits per heavy atom. The maximum absolute atomic E-state index is 11.8. The molecule has 1 aromatic carbocycles. The van der Waals surface area contributed by atoms with E-state index in [1.54, 1.807) is 24.3 Å². The molecule has 0 N–H and O–H groups in total. The fourth-order valence-corrected chi connectivity index (χ4v) is 1.44. The maximum atomic E-state index is 11.8. The second-order valence-electron chi connectivity index (χ2n) is 2.16. The minimum Gasteiger partial charge on any atom is -0.198 e.